The number of carbonyl (C=O) groups excluding carboxylic acids is 1. The predicted octanol–water partition coefficient (Wildman–Crippen LogP) is 1.14. The SMILES string of the molecule is CCOC(=O)C1CCN(Cc2cc(NN)ccn2)CC1. The molecule has 0 bridgehead atoms. The number of nitrogens with one attached hydrogen (secondary N) is 1. The van der Waals surface area contributed by atoms with Crippen molar-refractivity contribution in [1.29, 1.82) is 0 Å². The van der Waals surface area contributed by atoms with E-state index in [9.17, 15) is 4.79 Å². The Kier molecular flexibility index (Phi) is 5.31. The first-order valence-electron chi connectivity index (χ1n) is 7.03. The number of nitrogen functional groups attached to an aromatic ring is 1. The number of nitrogens with zero attached hydrogens (tertiary/aromatic N) is 2. The number of ether oxygens (including phenoxy) is 1. The first-order valence-corrected chi connectivity index (χ1v) is 7.03. The van der Waals surface area contributed by atoms with E-state index in [1.165, 1.54) is 0 Å². The minimum Gasteiger partial charge on any atom is -0.466 e. The molecule has 0 amide bonds. The van der Waals surface area contributed by atoms with Gasteiger partial charge in [0, 0.05) is 12.7 Å². The van der Waals surface area contributed by atoms with Crippen LogP contribution in [0.15, 0.2) is 18.3 Å². The van der Waals surface area contributed by atoms with Crippen LogP contribution in [0, 0.1) is 5.92 Å². The molecule has 0 aromatic carbocycles. The number of pyridine rings is 1. The van der Waals surface area contributed by atoms with Crippen LogP contribution in [-0.4, -0.2) is 35.5 Å². The summed E-state index contributed by atoms with van der Waals surface area (Å²) in [6, 6.07) is 3.77. The molecular weight excluding hydrogens is 256 g/mol. The van der Waals surface area contributed by atoms with Crippen molar-refractivity contribution in [1.82, 2.24) is 9.88 Å². The zero-order chi connectivity index (χ0) is 14.4. The number of esters is 1. The fraction of sp³-hybridized carbons (Fsp3) is 0.571. The summed E-state index contributed by atoms with van der Waals surface area (Å²) < 4.78 is 5.07. The van der Waals surface area contributed by atoms with Crippen LogP contribution in [0.2, 0.25) is 0 Å². The molecule has 1 aliphatic rings. The van der Waals surface area contributed by atoms with Gasteiger partial charge in [-0.2, -0.15) is 0 Å². The van der Waals surface area contributed by atoms with Crippen molar-refractivity contribution < 1.29 is 9.53 Å². The number of hydrazine groups is 1. The van der Waals surface area contributed by atoms with E-state index in [0.717, 1.165) is 43.9 Å². The van der Waals surface area contributed by atoms with Gasteiger partial charge in [0.15, 0.2) is 0 Å². The van der Waals surface area contributed by atoms with Crippen molar-refractivity contribution in [2.75, 3.05) is 25.1 Å². The molecule has 2 heterocycles. The number of piperidine rings is 1. The van der Waals surface area contributed by atoms with Gasteiger partial charge in [0.1, 0.15) is 0 Å². The maximum absolute atomic E-state index is 11.7. The molecule has 6 nitrogen and oxygen atoms in total. The monoisotopic (exact) mass is 278 g/mol. The Hall–Kier alpha value is -1.66. The van der Waals surface area contributed by atoms with Crippen LogP contribution in [0.5, 0.6) is 0 Å². The largest absolute Gasteiger partial charge is 0.466 e. The Morgan fingerprint density at radius 1 is 1.55 bits per heavy atom. The molecule has 0 saturated carbocycles. The lowest BCUT2D eigenvalue weighted by Gasteiger charge is -2.30. The molecule has 1 aromatic rings. The van der Waals surface area contributed by atoms with Crippen LogP contribution in [0.3, 0.4) is 0 Å². The molecule has 3 N–H and O–H groups in total. The Balaban J connectivity index is 1.83. The lowest BCUT2D eigenvalue weighted by atomic mass is 9.97. The molecule has 1 aromatic heterocycles. The fourth-order valence-corrected chi connectivity index (χ4v) is 2.47. The summed E-state index contributed by atoms with van der Waals surface area (Å²) in [6.07, 6.45) is 3.46. The summed E-state index contributed by atoms with van der Waals surface area (Å²) in [5, 5.41) is 0. The third kappa shape index (κ3) is 3.91. The molecule has 1 fully saturated rings. The highest BCUT2D eigenvalue weighted by atomic mass is 16.5. The number of likely N-dealkylation sites (tertiary alicyclic amines) is 1. The fourth-order valence-electron chi connectivity index (χ4n) is 2.47. The quantitative estimate of drug-likeness (QED) is 0.477. The van der Waals surface area contributed by atoms with E-state index in [4.69, 9.17) is 10.6 Å². The van der Waals surface area contributed by atoms with Gasteiger partial charge in [0.05, 0.1) is 23.9 Å². The lowest BCUT2D eigenvalue weighted by Crippen LogP contribution is -2.36. The third-order valence-electron chi connectivity index (χ3n) is 3.58. The zero-order valence-electron chi connectivity index (χ0n) is 11.8. The first kappa shape index (κ1) is 14.7. The van der Waals surface area contributed by atoms with Crippen molar-refractivity contribution >= 4 is 11.7 Å². The highest BCUT2D eigenvalue weighted by Gasteiger charge is 2.25. The van der Waals surface area contributed by atoms with Gasteiger partial charge in [0.2, 0.25) is 0 Å². The molecule has 110 valence electrons. The first-order chi connectivity index (χ1) is 9.72. The van der Waals surface area contributed by atoms with Gasteiger partial charge in [-0.3, -0.25) is 20.5 Å². The highest BCUT2D eigenvalue weighted by molar-refractivity contribution is 5.72. The molecule has 0 spiro atoms. The predicted molar refractivity (Wildman–Crippen MR) is 76.7 cm³/mol. The summed E-state index contributed by atoms with van der Waals surface area (Å²) in [5.41, 5.74) is 4.46. The normalized spacial score (nSPS) is 16.9. The van der Waals surface area contributed by atoms with Crippen molar-refractivity contribution in [2.45, 2.75) is 26.3 Å². The summed E-state index contributed by atoms with van der Waals surface area (Å²) in [4.78, 5) is 18.3. The zero-order valence-corrected chi connectivity index (χ0v) is 11.8. The average Bonchev–Trinajstić information content (AvgIpc) is 2.48. The Labute approximate surface area is 119 Å². The molecule has 20 heavy (non-hydrogen) atoms. The second-order valence-electron chi connectivity index (χ2n) is 4.98. The van der Waals surface area contributed by atoms with Crippen molar-refractivity contribution in [2.24, 2.45) is 11.8 Å². The number of hydrogen-bond donors (Lipinski definition) is 2. The molecular formula is C14H22N4O2. The second kappa shape index (κ2) is 7.21. The number of anilines is 1. The molecule has 0 radical (unpaired) electrons. The topological polar surface area (TPSA) is 80.5 Å². The van der Waals surface area contributed by atoms with Crippen LogP contribution in [0.4, 0.5) is 5.69 Å². The minimum atomic E-state index is -0.0559. The van der Waals surface area contributed by atoms with E-state index < -0.39 is 0 Å². The Morgan fingerprint density at radius 2 is 2.30 bits per heavy atom. The molecule has 2 rings (SSSR count). The maximum Gasteiger partial charge on any atom is 0.309 e. The van der Waals surface area contributed by atoms with E-state index in [-0.39, 0.29) is 11.9 Å². The van der Waals surface area contributed by atoms with Gasteiger partial charge in [-0.15, -0.1) is 0 Å². The molecule has 6 heteroatoms. The summed E-state index contributed by atoms with van der Waals surface area (Å²) in [6.45, 7) is 4.88. The van der Waals surface area contributed by atoms with Crippen LogP contribution in [-0.2, 0) is 16.1 Å². The molecule has 0 unspecified atom stereocenters. The van der Waals surface area contributed by atoms with Crippen LogP contribution in [0.1, 0.15) is 25.5 Å². The second-order valence-corrected chi connectivity index (χ2v) is 4.98. The summed E-state index contributed by atoms with van der Waals surface area (Å²) >= 11 is 0. The lowest BCUT2D eigenvalue weighted by molar-refractivity contribution is -0.149. The van der Waals surface area contributed by atoms with Crippen molar-refractivity contribution in [3.8, 4) is 0 Å². The molecule has 1 aliphatic heterocycles. The van der Waals surface area contributed by atoms with Gasteiger partial charge in [-0.1, -0.05) is 0 Å². The van der Waals surface area contributed by atoms with Crippen molar-refractivity contribution in [3.63, 3.8) is 0 Å². The van der Waals surface area contributed by atoms with Gasteiger partial charge in [-0.05, 0) is 45.0 Å². The summed E-state index contributed by atoms with van der Waals surface area (Å²) in [5.74, 6) is 5.39. The molecule has 0 atom stereocenters. The molecule has 1 saturated heterocycles. The van der Waals surface area contributed by atoms with E-state index in [1.807, 2.05) is 19.1 Å². The third-order valence-corrected chi connectivity index (χ3v) is 3.58. The van der Waals surface area contributed by atoms with Crippen LogP contribution in [0.25, 0.3) is 0 Å². The van der Waals surface area contributed by atoms with E-state index >= 15 is 0 Å². The van der Waals surface area contributed by atoms with Crippen molar-refractivity contribution in [3.05, 3.63) is 24.0 Å². The van der Waals surface area contributed by atoms with Crippen LogP contribution < -0.4 is 11.3 Å². The Morgan fingerprint density at radius 3 is 2.95 bits per heavy atom. The van der Waals surface area contributed by atoms with E-state index in [2.05, 4.69) is 15.3 Å². The van der Waals surface area contributed by atoms with E-state index in [1.54, 1.807) is 6.20 Å². The van der Waals surface area contributed by atoms with Gasteiger partial charge >= 0.3 is 5.97 Å². The Bertz CT molecular complexity index is 445. The smallest absolute Gasteiger partial charge is 0.309 e. The summed E-state index contributed by atoms with van der Waals surface area (Å²) in [7, 11) is 0. The minimum absolute atomic E-state index is 0.0520. The van der Waals surface area contributed by atoms with E-state index in [0.29, 0.717) is 6.61 Å². The molecule has 0 aliphatic carbocycles. The number of rotatable bonds is 5. The van der Waals surface area contributed by atoms with Gasteiger partial charge in [0.25, 0.3) is 0 Å². The number of nitrogens with two attached hydrogens (primary N) is 1. The highest BCUT2D eigenvalue weighted by Crippen LogP contribution is 2.20. The average molecular weight is 278 g/mol. The number of carbonyl (C=O) groups is 1. The van der Waals surface area contributed by atoms with Gasteiger partial charge in [-0.25, -0.2) is 0 Å². The number of hydrogen-bond acceptors (Lipinski definition) is 6. The standard InChI is InChI=1S/C14H22N4O2/c1-2-20-14(19)11-4-7-18(8-5-11)10-13-9-12(17-15)3-6-16-13/h3,6,9,11H,2,4-5,7-8,10,15H2,1H3,(H,16,17). The van der Waals surface area contributed by atoms with Gasteiger partial charge < -0.3 is 10.2 Å². The van der Waals surface area contributed by atoms with Crippen LogP contribution >= 0.6 is 0 Å². The maximum atomic E-state index is 11.7. The number of aromatic nitrogens is 1.